The standard InChI is InChI=1S/C10H17NOS/c1-10(2)8(11-9(10)12)7-4-3-5-13-6-7/h7-8H,3-6H2,1-2H3,(H,11,12). The SMILES string of the molecule is CC1(C)C(=O)NC1C1CCCSC1. The average molecular weight is 199 g/mol. The maximum atomic E-state index is 11.3. The first-order valence-electron chi connectivity index (χ1n) is 5.01. The molecule has 0 aromatic carbocycles. The number of nitrogens with one attached hydrogen (secondary N) is 1. The molecule has 2 aliphatic rings. The summed E-state index contributed by atoms with van der Waals surface area (Å²) in [5.41, 5.74) is -0.109. The number of hydrogen-bond donors (Lipinski definition) is 1. The summed E-state index contributed by atoms with van der Waals surface area (Å²) >= 11 is 2.03. The van der Waals surface area contributed by atoms with Crippen LogP contribution in [-0.2, 0) is 4.79 Å². The summed E-state index contributed by atoms with van der Waals surface area (Å²) in [6, 6.07) is 0.438. The lowest BCUT2D eigenvalue weighted by molar-refractivity contribution is -0.145. The van der Waals surface area contributed by atoms with Gasteiger partial charge in [0.15, 0.2) is 0 Å². The van der Waals surface area contributed by atoms with Gasteiger partial charge in [-0.2, -0.15) is 11.8 Å². The Morgan fingerprint density at radius 3 is 2.77 bits per heavy atom. The molecule has 13 heavy (non-hydrogen) atoms. The van der Waals surface area contributed by atoms with E-state index in [4.69, 9.17) is 0 Å². The van der Waals surface area contributed by atoms with Crippen LogP contribution in [0.2, 0.25) is 0 Å². The molecule has 2 heterocycles. The molecular weight excluding hydrogens is 182 g/mol. The van der Waals surface area contributed by atoms with Crippen molar-refractivity contribution in [1.82, 2.24) is 5.32 Å². The fourth-order valence-corrected chi connectivity index (χ4v) is 3.51. The van der Waals surface area contributed by atoms with E-state index in [2.05, 4.69) is 19.2 Å². The van der Waals surface area contributed by atoms with Gasteiger partial charge in [-0.1, -0.05) is 0 Å². The molecule has 3 heteroatoms. The molecule has 0 aromatic heterocycles. The van der Waals surface area contributed by atoms with Crippen LogP contribution in [0.3, 0.4) is 0 Å². The largest absolute Gasteiger partial charge is 0.351 e. The minimum atomic E-state index is -0.109. The van der Waals surface area contributed by atoms with Crippen LogP contribution >= 0.6 is 11.8 Å². The molecule has 0 bridgehead atoms. The Balaban J connectivity index is 1.98. The predicted molar refractivity (Wildman–Crippen MR) is 55.8 cm³/mol. The Kier molecular flexibility index (Phi) is 2.30. The lowest BCUT2D eigenvalue weighted by Crippen LogP contribution is -2.67. The summed E-state index contributed by atoms with van der Waals surface area (Å²) in [4.78, 5) is 11.3. The van der Waals surface area contributed by atoms with Crippen molar-refractivity contribution in [3.63, 3.8) is 0 Å². The second-order valence-corrected chi connectivity index (χ2v) is 5.80. The van der Waals surface area contributed by atoms with E-state index in [-0.39, 0.29) is 11.3 Å². The van der Waals surface area contributed by atoms with Crippen LogP contribution < -0.4 is 5.32 Å². The molecule has 2 fully saturated rings. The molecule has 0 aliphatic carbocycles. The summed E-state index contributed by atoms with van der Waals surface area (Å²) in [7, 11) is 0. The first-order valence-corrected chi connectivity index (χ1v) is 6.16. The van der Waals surface area contributed by atoms with Gasteiger partial charge in [0.25, 0.3) is 0 Å². The van der Waals surface area contributed by atoms with E-state index >= 15 is 0 Å². The Morgan fingerprint density at radius 2 is 2.31 bits per heavy atom. The zero-order valence-electron chi connectivity index (χ0n) is 8.30. The van der Waals surface area contributed by atoms with Crippen LogP contribution in [-0.4, -0.2) is 23.5 Å². The smallest absolute Gasteiger partial charge is 0.228 e. The predicted octanol–water partition coefficient (Wildman–Crippen LogP) is 1.65. The number of β-lactam (4-membered cyclic amide) rings is 1. The highest BCUT2D eigenvalue weighted by Crippen LogP contribution is 2.39. The molecule has 0 radical (unpaired) electrons. The minimum Gasteiger partial charge on any atom is -0.351 e. The molecule has 0 spiro atoms. The van der Waals surface area contributed by atoms with Crippen molar-refractivity contribution in [2.75, 3.05) is 11.5 Å². The van der Waals surface area contributed by atoms with Crippen molar-refractivity contribution in [2.45, 2.75) is 32.7 Å². The molecule has 2 atom stereocenters. The summed E-state index contributed by atoms with van der Waals surface area (Å²) < 4.78 is 0. The Morgan fingerprint density at radius 1 is 1.54 bits per heavy atom. The van der Waals surface area contributed by atoms with Crippen molar-refractivity contribution in [3.8, 4) is 0 Å². The van der Waals surface area contributed by atoms with E-state index in [1.807, 2.05) is 11.8 Å². The monoisotopic (exact) mass is 199 g/mol. The van der Waals surface area contributed by atoms with Gasteiger partial charge < -0.3 is 5.32 Å². The van der Waals surface area contributed by atoms with Gasteiger partial charge in [0, 0.05) is 6.04 Å². The van der Waals surface area contributed by atoms with E-state index in [0.717, 1.165) is 0 Å². The molecule has 2 rings (SSSR count). The van der Waals surface area contributed by atoms with E-state index in [1.54, 1.807) is 0 Å². The molecule has 0 aromatic rings. The zero-order chi connectivity index (χ0) is 9.47. The van der Waals surface area contributed by atoms with Crippen molar-refractivity contribution < 1.29 is 4.79 Å². The van der Waals surface area contributed by atoms with Crippen LogP contribution in [0, 0.1) is 11.3 Å². The highest BCUT2D eigenvalue weighted by Gasteiger charge is 2.50. The van der Waals surface area contributed by atoms with Crippen molar-refractivity contribution >= 4 is 17.7 Å². The first kappa shape index (κ1) is 9.38. The minimum absolute atomic E-state index is 0.109. The number of rotatable bonds is 1. The topological polar surface area (TPSA) is 29.1 Å². The summed E-state index contributed by atoms with van der Waals surface area (Å²) in [5, 5.41) is 3.05. The van der Waals surface area contributed by atoms with E-state index in [0.29, 0.717) is 12.0 Å². The number of carbonyl (C=O) groups excluding carboxylic acids is 1. The van der Waals surface area contributed by atoms with Crippen LogP contribution in [0.25, 0.3) is 0 Å². The number of thioether (sulfide) groups is 1. The van der Waals surface area contributed by atoms with E-state index < -0.39 is 0 Å². The fourth-order valence-electron chi connectivity index (χ4n) is 2.31. The molecular formula is C10H17NOS. The van der Waals surface area contributed by atoms with E-state index in [9.17, 15) is 4.79 Å². The molecule has 2 unspecified atom stereocenters. The lowest BCUT2D eigenvalue weighted by Gasteiger charge is -2.48. The molecule has 2 aliphatic heterocycles. The molecule has 1 N–H and O–H groups in total. The van der Waals surface area contributed by atoms with Crippen LogP contribution in [0.4, 0.5) is 0 Å². The van der Waals surface area contributed by atoms with Crippen LogP contribution in [0.15, 0.2) is 0 Å². The van der Waals surface area contributed by atoms with Gasteiger partial charge in [0.05, 0.1) is 5.41 Å². The van der Waals surface area contributed by atoms with Gasteiger partial charge in [-0.05, 0) is 44.1 Å². The molecule has 2 saturated heterocycles. The molecule has 1 amide bonds. The van der Waals surface area contributed by atoms with Crippen LogP contribution in [0.5, 0.6) is 0 Å². The van der Waals surface area contributed by atoms with Crippen molar-refractivity contribution in [2.24, 2.45) is 11.3 Å². The fraction of sp³-hybridized carbons (Fsp3) is 0.900. The highest BCUT2D eigenvalue weighted by atomic mass is 32.2. The highest BCUT2D eigenvalue weighted by molar-refractivity contribution is 7.99. The average Bonchev–Trinajstić information content (AvgIpc) is 2.15. The summed E-state index contributed by atoms with van der Waals surface area (Å²) in [6.07, 6.45) is 2.61. The maximum absolute atomic E-state index is 11.3. The lowest BCUT2D eigenvalue weighted by atomic mass is 9.69. The molecule has 2 nitrogen and oxygen atoms in total. The van der Waals surface area contributed by atoms with Gasteiger partial charge in [-0.3, -0.25) is 4.79 Å². The quantitative estimate of drug-likeness (QED) is 0.651. The second-order valence-electron chi connectivity index (χ2n) is 4.65. The van der Waals surface area contributed by atoms with Crippen LogP contribution in [0.1, 0.15) is 26.7 Å². The normalized spacial score (nSPS) is 37.8. The first-order chi connectivity index (χ1) is 6.12. The van der Waals surface area contributed by atoms with Gasteiger partial charge >= 0.3 is 0 Å². The van der Waals surface area contributed by atoms with E-state index in [1.165, 1.54) is 24.3 Å². The molecule has 0 saturated carbocycles. The Labute approximate surface area is 83.8 Å². The van der Waals surface area contributed by atoms with Crippen molar-refractivity contribution in [1.29, 1.82) is 0 Å². The van der Waals surface area contributed by atoms with Gasteiger partial charge in [-0.25, -0.2) is 0 Å². The third-order valence-corrected chi connectivity index (χ3v) is 4.56. The Hall–Kier alpha value is -0.180. The van der Waals surface area contributed by atoms with Gasteiger partial charge in [0.2, 0.25) is 5.91 Å². The van der Waals surface area contributed by atoms with Gasteiger partial charge in [0.1, 0.15) is 0 Å². The second kappa shape index (κ2) is 3.19. The maximum Gasteiger partial charge on any atom is 0.228 e. The number of carbonyl (C=O) groups is 1. The molecule has 74 valence electrons. The van der Waals surface area contributed by atoms with Gasteiger partial charge in [-0.15, -0.1) is 0 Å². The zero-order valence-corrected chi connectivity index (χ0v) is 9.12. The Bertz CT molecular complexity index is 221. The number of amides is 1. The summed E-state index contributed by atoms with van der Waals surface area (Å²) in [5.74, 6) is 3.48. The van der Waals surface area contributed by atoms with Crippen molar-refractivity contribution in [3.05, 3.63) is 0 Å². The summed E-state index contributed by atoms with van der Waals surface area (Å²) in [6.45, 7) is 4.13. The third-order valence-electron chi connectivity index (χ3n) is 3.32. The number of hydrogen-bond acceptors (Lipinski definition) is 2. The third kappa shape index (κ3) is 1.47.